The molecule has 1 aliphatic rings. The summed E-state index contributed by atoms with van der Waals surface area (Å²) in [4.78, 5) is 28.0. The third-order valence-corrected chi connectivity index (χ3v) is 5.55. The molecule has 166 valence electrons. The molecule has 7 nitrogen and oxygen atoms in total. The fourth-order valence-electron chi connectivity index (χ4n) is 3.99. The lowest BCUT2D eigenvalue weighted by Crippen LogP contribution is -2.39. The lowest BCUT2D eigenvalue weighted by molar-refractivity contribution is -0.125. The molecule has 1 saturated heterocycles. The van der Waals surface area contributed by atoms with Gasteiger partial charge in [-0.3, -0.25) is 9.59 Å². The zero-order valence-corrected chi connectivity index (χ0v) is 18.7. The number of methoxy groups -OCH3 is 3. The maximum Gasteiger partial charge on any atom is 0.253 e. The smallest absolute Gasteiger partial charge is 0.253 e. The summed E-state index contributed by atoms with van der Waals surface area (Å²) in [6, 6.07) is 12.5. The molecular formula is C24H30N2O5. The van der Waals surface area contributed by atoms with E-state index in [4.69, 9.17) is 14.2 Å². The monoisotopic (exact) mass is 426 g/mol. The van der Waals surface area contributed by atoms with E-state index in [1.165, 1.54) is 0 Å². The third kappa shape index (κ3) is 4.93. The van der Waals surface area contributed by atoms with Gasteiger partial charge in [0.15, 0.2) is 0 Å². The van der Waals surface area contributed by atoms with E-state index in [1.54, 1.807) is 50.5 Å². The number of nitrogens with zero attached hydrogens (tertiary/aromatic N) is 1. The molecule has 31 heavy (non-hydrogen) atoms. The fraction of sp³-hybridized carbons (Fsp3) is 0.417. The number of benzene rings is 2. The Bertz CT molecular complexity index is 926. The Kier molecular flexibility index (Phi) is 7.05. The summed E-state index contributed by atoms with van der Waals surface area (Å²) in [6.45, 7) is 4.58. The number of carbonyl (C=O) groups is 2. The fourth-order valence-corrected chi connectivity index (χ4v) is 3.99. The molecule has 0 spiro atoms. The van der Waals surface area contributed by atoms with Gasteiger partial charge < -0.3 is 24.4 Å². The van der Waals surface area contributed by atoms with E-state index in [0.29, 0.717) is 35.9 Å². The van der Waals surface area contributed by atoms with Crippen molar-refractivity contribution in [1.29, 1.82) is 0 Å². The standard InChI is InChI=1S/C24H30N2O5/c1-15(2)25-23(27)21-14-26(24(28)16-6-8-17(29-3)9-7-16)13-20(21)19-12-18(30-4)10-11-22(19)31-5/h6-12,15,20-21H,13-14H2,1-5H3,(H,25,27)/t20-,21+/m0/s1. The van der Waals surface area contributed by atoms with Crippen molar-refractivity contribution in [1.82, 2.24) is 10.2 Å². The highest BCUT2D eigenvalue weighted by Gasteiger charge is 2.42. The molecule has 0 aromatic heterocycles. The number of hydrogen-bond acceptors (Lipinski definition) is 5. The van der Waals surface area contributed by atoms with Gasteiger partial charge in [0.05, 0.1) is 27.2 Å². The Labute approximate surface area is 183 Å². The van der Waals surface area contributed by atoms with Gasteiger partial charge in [-0.25, -0.2) is 0 Å². The Morgan fingerprint density at radius 1 is 0.935 bits per heavy atom. The molecule has 1 N–H and O–H groups in total. The van der Waals surface area contributed by atoms with Gasteiger partial charge in [-0.1, -0.05) is 0 Å². The number of rotatable bonds is 7. The first-order valence-electron chi connectivity index (χ1n) is 10.3. The topological polar surface area (TPSA) is 77.1 Å². The summed E-state index contributed by atoms with van der Waals surface area (Å²) in [6.07, 6.45) is 0. The second-order valence-electron chi connectivity index (χ2n) is 7.92. The molecule has 1 fully saturated rings. The molecule has 3 rings (SSSR count). The van der Waals surface area contributed by atoms with Crippen LogP contribution in [0.2, 0.25) is 0 Å². The maximum absolute atomic E-state index is 13.2. The molecule has 0 radical (unpaired) electrons. The molecule has 2 aromatic rings. The van der Waals surface area contributed by atoms with Crippen LogP contribution in [0.4, 0.5) is 0 Å². The van der Waals surface area contributed by atoms with Gasteiger partial charge in [0, 0.05) is 36.2 Å². The predicted molar refractivity (Wildman–Crippen MR) is 118 cm³/mol. The number of ether oxygens (including phenoxy) is 3. The van der Waals surface area contributed by atoms with Gasteiger partial charge in [-0.05, 0) is 56.3 Å². The minimum atomic E-state index is -0.398. The largest absolute Gasteiger partial charge is 0.497 e. The molecule has 0 unspecified atom stereocenters. The maximum atomic E-state index is 13.2. The summed E-state index contributed by atoms with van der Waals surface area (Å²) in [5.41, 5.74) is 1.41. The van der Waals surface area contributed by atoms with E-state index in [1.807, 2.05) is 32.0 Å². The van der Waals surface area contributed by atoms with E-state index in [-0.39, 0.29) is 23.8 Å². The number of hydrogen-bond donors (Lipinski definition) is 1. The molecule has 0 saturated carbocycles. The summed E-state index contributed by atoms with van der Waals surface area (Å²) >= 11 is 0. The van der Waals surface area contributed by atoms with Gasteiger partial charge >= 0.3 is 0 Å². The van der Waals surface area contributed by atoms with E-state index in [0.717, 1.165) is 5.56 Å². The van der Waals surface area contributed by atoms with E-state index in [9.17, 15) is 9.59 Å². The lowest BCUT2D eigenvalue weighted by Gasteiger charge is -2.22. The molecule has 7 heteroatoms. The van der Waals surface area contributed by atoms with Crippen molar-refractivity contribution in [2.45, 2.75) is 25.8 Å². The lowest BCUT2D eigenvalue weighted by atomic mass is 9.87. The molecule has 0 bridgehead atoms. The summed E-state index contributed by atoms with van der Waals surface area (Å²) < 4.78 is 16.1. The molecule has 1 heterocycles. The van der Waals surface area contributed by atoms with Crippen LogP contribution < -0.4 is 19.5 Å². The van der Waals surface area contributed by atoms with Crippen LogP contribution in [0.3, 0.4) is 0 Å². The number of nitrogens with one attached hydrogen (secondary N) is 1. The number of amides is 2. The van der Waals surface area contributed by atoms with Crippen molar-refractivity contribution in [2.75, 3.05) is 34.4 Å². The highest BCUT2D eigenvalue weighted by molar-refractivity contribution is 5.95. The second-order valence-corrected chi connectivity index (χ2v) is 7.92. The van der Waals surface area contributed by atoms with Gasteiger partial charge in [-0.15, -0.1) is 0 Å². The van der Waals surface area contributed by atoms with Crippen LogP contribution in [0, 0.1) is 5.92 Å². The molecule has 2 amide bonds. The minimum Gasteiger partial charge on any atom is -0.497 e. The highest BCUT2D eigenvalue weighted by atomic mass is 16.5. The quantitative estimate of drug-likeness (QED) is 0.736. The third-order valence-electron chi connectivity index (χ3n) is 5.55. The second kappa shape index (κ2) is 9.73. The van der Waals surface area contributed by atoms with Crippen molar-refractivity contribution >= 4 is 11.8 Å². The van der Waals surface area contributed by atoms with E-state index >= 15 is 0 Å². The first-order chi connectivity index (χ1) is 14.9. The van der Waals surface area contributed by atoms with Crippen LogP contribution in [0.15, 0.2) is 42.5 Å². The Hall–Kier alpha value is -3.22. The molecule has 0 aliphatic carbocycles. The van der Waals surface area contributed by atoms with Crippen LogP contribution in [-0.4, -0.2) is 57.2 Å². The predicted octanol–water partition coefficient (Wildman–Crippen LogP) is 3.09. The Morgan fingerprint density at radius 2 is 1.58 bits per heavy atom. The van der Waals surface area contributed by atoms with Crippen LogP contribution in [0.5, 0.6) is 17.2 Å². The number of carbonyl (C=O) groups excluding carboxylic acids is 2. The van der Waals surface area contributed by atoms with Crippen LogP contribution in [0.1, 0.15) is 35.7 Å². The van der Waals surface area contributed by atoms with Crippen molar-refractivity contribution in [3.05, 3.63) is 53.6 Å². The van der Waals surface area contributed by atoms with Crippen molar-refractivity contribution in [3.63, 3.8) is 0 Å². The van der Waals surface area contributed by atoms with Crippen LogP contribution >= 0.6 is 0 Å². The molecule has 2 aromatic carbocycles. The van der Waals surface area contributed by atoms with Crippen molar-refractivity contribution < 1.29 is 23.8 Å². The van der Waals surface area contributed by atoms with Gasteiger partial charge in [0.2, 0.25) is 5.91 Å². The zero-order chi connectivity index (χ0) is 22.5. The summed E-state index contributed by atoms with van der Waals surface area (Å²) in [5.74, 6) is 1.23. The van der Waals surface area contributed by atoms with Crippen molar-refractivity contribution in [2.24, 2.45) is 5.92 Å². The van der Waals surface area contributed by atoms with Crippen LogP contribution in [0.25, 0.3) is 0 Å². The van der Waals surface area contributed by atoms with Crippen molar-refractivity contribution in [3.8, 4) is 17.2 Å². The van der Waals surface area contributed by atoms with E-state index < -0.39 is 5.92 Å². The first-order valence-corrected chi connectivity index (χ1v) is 10.3. The number of likely N-dealkylation sites (tertiary alicyclic amines) is 1. The average molecular weight is 427 g/mol. The molecular weight excluding hydrogens is 396 g/mol. The SMILES string of the molecule is COc1ccc(C(=O)N2C[C@@H](C(=O)NC(C)C)[C@H](c3cc(OC)ccc3OC)C2)cc1. The molecule has 2 atom stereocenters. The summed E-state index contributed by atoms with van der Waals surface area (Å²) in [5, 5.41) is 3.00. The average Bonchev–Trinajstić information content (AvgIpc) is 3.23. The van der Waals surface area contributed by atoms with Gasteiger partial charge in [0.1, 0.15) is 17.2 Å². The van der Waals surface area contributed by atoms with Crippen LogP contribution in [-0.2, 0) is 4.79 Å². The van der Waals surface area contributed by atoms with Gasteiger partial charge in [-0.2, -0.15) is 0 Å². The summed E-state index contributed by atoms with van der Waals surface area (Å²) in [7, 11) is 4.79. The first kappa shape index (κ1) is 22.5. The van der Waals surface area contributed by atoms with E-state index in [2.05, 4.69) is 5.32 Å². The molecule has 1 aliphatic heterocycles. The Morgan fingerprint density at radius 3 is 2.16 bits per heavy atom. The minimum absolute atomic E-state index is 0.00620. The zero-order valence-electron chi connectivity index (χ0n) is 18.7. The Balaban J connectivity index is 1.94. The normalized spacial score (nSPS) is 18.1. The highest BCUT2D eigenvalue weighted by Crippen LogP contribution is 2.40. The van der Waals surface area contributed by atoms with Gasteiger partial charge in [0.25, 0.3) is 5.91 Å².